The smallest absolute Gasteiger partial charge is 0.434 e. The van der Waals surface area contributed by atoms with Crippen LogP contribution < -0.4 is 10.5 Å². The maximum atomic E-state index is 11.3. The van der Waals surface area contributed by atoms with E-state index in [1.807, 2.05) is 42.5 Å². The summed E-state index contributed by atoms with van der Waals surface area (Å²) in [4.78, 5) is 11.3. The van der Waals surface area contributed by atoms with Gasteiger partial charge in [-0.15, -0.1) is 5.10 Å². The number of ether oxygens (including phenoxy) is 1. The molecule has 206 valence electrons. The summed E-state index contributed by atoms with van der Waals surface area (Å²) in [5, 5.41) is 15.1. The fourth-order valence-corrected chi connectivity index (χ4v) is 4.57. The summed E-state index contributed by atoms with van der Waals surface area (Å²) in [7, 11) is 0. The van der Waals surface area contributed by atoms with Crippen molar-refractivity contribution in [1.82, 2.24) is 10.2 Å². The van der Waals surface area contributed by atoms with Gasteiger partial charge in [0.15, 0.2) is 0 Å². The normalized spacial score (nSPS) is 12.3. The van der Waals surface area contributed by atoms with E-state index in [2.05, 4.69) is 79.5 Å². The van der Waals surface area contributed by atoms with Crippen LogP contribution in [0.3, 0.4) is 0 Å². The second-order valence-corrected chi connectivity index (χ2v) is 11.1. The molecule has 0 bridgehead atoms. The molecule has 1 aromatic heterocycles. The third kappa shape index (κ3) is 8.31. The third-order valence-corrected chi connectivity index (χ3v) is 6.93. The molecule has 0 saturated heterocycles. The molecule has 0 fully saturated rings. The van der Waals surface area contributed by atoms with E-state index in [0.29, 0.717) is 18.9 Å². The number of nitrogens with one attached hydrogen (secondary N) is 1. The Morgan fingerprint density at radius 3 is 2.40 bits per heavy atom. The number of aromatic nitrogens is 2. The molecule has 1 unspecified atom stereocenters. The van der Waals surface area contributed by atoms with E-state index in [1.54, 1.807) is 0 Å². The van der Waals surface area contributed by atoms with Crippen molar-refractivity contribution >= 4 is 6.08 Å². The van der Waals surface area contributed by atoms with Gasteiger partial charge in [0.1, 0.15) is 12.4 Å². The summed E-state index contributed by atoms with van der Waals surface area (Å²) in [5.74, 6) is 0.869. The number of hydrogen-bond acceptors (Lipinski definition) is 5. The van der Waals surface area contributed by atoms with E-state index < -0.39 is 5.76 Å². The quantitative estimate of drug-likeness (QED) is 0.186. The van der Waals surface area contributed by atoms with Crippen LogP contribution in [0.1, 0.15) is 68.7 Å². The Balaban J connectivity index is 1.44. The van der Waals surface area contributed by atoms with Gasteiger partial charge in [-0.1, -0.05) is 93.9 Å². The summed E-state index contributed by atoms with van der Waals surface area (Å²) in [5.41, 5.74) is 5.55. The second kappa shape index (κ2) is 13.6. The molecule has 4 aromatic rings. The van der Waals surface area contributed by atoms with Crippen molar-refractivity contribution in [2.45, 2.75) is 64.9 Å². The standard InChI is InChI=1S/C34H37N3O3/c1-34(2,3)30-20-15-27(16-21-30)24-39-31-11-7-6-10-28(31)17-12-25(9-5-4-8-22-35)23-26-13-18-29(19-14-26)32-36-37-33(38)40-32/h6-7,10-21,25H,4-5,8-9,23-24H2,1-3H3,(H,37,38). The lowest BCUT2D eigenvalue weighted by Crippen LogP contribution is -2.10. The highest BCUT2D eigenvalue weighted by Gasteiger charge is 2.13. The van der Waals surface area contributed by atoms with Gasteiger partial charge >= 0.3 is 5.76 Å². The number of nitriles is 1. The van der Waals surface area contributed by atoms with E-state index in [9.17, 15) is 4.79 Å². The maximum absolute atomic E-state index is 11.3. The summed E-state index contributed by atoms with van der Waals surface area (Å²) < 4.78 is 11.3. The molecule has 0 amide bonds. The highest BCUT2D eigenvalue weighted by molar-refractivity contribution is 5.57. The number of nitrogens with zero attached hydrogens (tertiary/aromatic N) is 2. The molecule has 0 aliphatic carbocycles. The molecular formula is C34H37N3O3. The van der Waals surface area contributed by atoms with E-state index in [-0.39, 0.29) is 11.3 Å². The molecule has 1 N–H and O–H groups in total. The lowest BCUT2D eigenvalue weighted by molar-refractivity contribution is 0.305. The van der Waals surface area contributed by atoms with Gasteiger partial charge in [0, 0.05) is 17.5 Å². The average Bonchev–Trinajstić information content (AvgIpc) is 3.39. The predicted molar refractivity (Wildman–Crippen MR) is 159 cm³/mol. The van der Waals surface area contributed by atoms with Gasteiger partial charge in [-0.25, -0.2) is 9.89 Å². The SMILES string of the molecule is CC(C)(C)c1ccc(COc2ccccc2C=CC(CCCCC#N)Cc2ccc(-c3n[nH]c(=O)o3)cc2)cc1. The van der Waals surface area contributed by atoms with Crippen molar-refractivity contribution in [3.63, 3.8) is 0 Å². The minimum absolute atomic E-state index is 0.126. The van der Waals surface area contributed by atoms with Crippen LogP contribution in [0.2, 0.25) is 0 Å². The van der Waals surface area contributed by atoms with Crippen LogP contribution in [-0.4, -0.2) is 10.2 Å². The first-order valence-corrected chi connectivity index (χ1v) is 13.8. The van der Waals surface area contributed by atoms with Gasteiger partial charge < -0.3 is 9.15 Å². The van der Waals surface area contributed by atoms with Crippen molar-refractivity contribution in [1.29, 1.82) is 5.26 Å². The third-order valence-electron chi connectivity index (χ3n) is 6.93. The van der Waals surface area contributed by atoms with Crippen molar-refractivity contribution in [2.24, 2.45) is 5.92 Å². The van der Waals surface area contributed by atoms with Gasteiger partial charge in [0.25, 0.3) is 0 Å². The van der Waals surface area contributed by atoms with Gasteiger partial charge in [-0.2, -0.15) is 5.26 Å². The number of unbranched alkanes of at least 4 members (excludes halogenated alkanes) is 2. The molecule has 0 radical (unpaired) electrons. The largest absolute Gasteiger partial charge is 0.488 e. The van der Waals surface area contributed by atoms with E-state index in [4.69, 9.17) is 14.4 Å². The summed E-state index contributed by atoms with van der Waals surface area (Å²) in [6.45, 7) is 7.16. The molecule has 0 aliphatic rings. The molecule has 0 saturated carbocycles. The number of benzene rings is 3. The first kappa shape index (κ1) is 28.6. The highest BCUT2D eigenvalue weighted by atomic mass is 16.5. The number of allylic oxidation sites excluding steroid dienone is 1. The van der Waals surface area contributed by atoms with E-state index in [0.717, 1.165) is 48.1 Å². The zero-order valence-corrected chi connectivity index (χ0v) is 23.5. The summed E-state index contributed by atoms with van der Waals surface area (Å²) in [6.07, 6.45) is 8.71. The Morgan fingerprint density at radius 1 is 1.00 bits per heavy atom. The highest BCUT2D eigenvalue weighted by Crippen LogP contribution is 2.26. The maximum Gasteiger partial charge on any atom is 0.434 e. The molecule has 1 heterocycles. The first-order chi connectivity index (χ1) is 19.3. The molecule has 40 heavy (non-hydrogen) atoms. The predicted octanol–water partition coefficient (Wildman–Crippen LogP) is 7.86. The fourth-order valence-electron chi connectivity index (χ4n) is 4.57. The van der Waals surface area contributed by atoms with Crippen LogP contribution in [0, 0.1) is 17.2 Å². The number of hydrogen-bond donors (Lipinski definition) is 1. The lowest BCUT2D eigenvalue weighted by Gasteiger charge is -2.19. The number of rotatable bonds is 12. The number of para-hydroxylation sites is 1. The average molecular weight is 536 g/mol. The Bertz CT molecular complexity index is 1480. The van der Waals surface area contributed by atoms with E-state index in [1.165, 1.54) is 11.1 Å². The Kier molecular flexibility index (Phi) is 9.75. The van der Waals surface area contributed by atoms with Crippen LogP contribution in [-0.2, 0) is 18.4 Å². The Hall–Kier alpha value is -4.37. The van der Waals surface area contributed by atoms with Crippen molar-refractivity contribution < 1.29 is 9.15 Å². The Labute approximate surface area is 236 Å². The fraction of sp³-hybridized carbons (Fsp3) is 0.324. The van der Waals surface area contributed by atoms with E-state index >= 15 is 0 Å². The van der Waals surface area contributed by atoms with Gasteiger partial charge in [-0.05, 0) is 65.5 Å². The van der Waals surface area contributed by atoms with Crippen molar-refractivity contribution in [3.05, 3.63) is 112 Å². The van der Waals surface area contributed by atoms with Crippen LogP contribution >= 0.6 is 0 Å². The summed E-state index contributed by atoms with van der Waals surface area (Å²) >= 11 is 0. The minimum Gasteiger partial charge on any atom is -0.488 e. The zero-order valence-electron chi connectivity index (χ0n) is 23.5. The molecule has 1 atom stereocenters. The molecular weight excluding hydrogens is 498 g/mol. The van der Waals surface area contributed by atoms with Crippen LogP contribution in [0.15, 0.2) is 88.1 Å². The molecule has 6 heteroatoms. The molecule has 0 spiro atoms. The monoisotopic (exact) mass is 535 g/mol. The van der Waals surface area contributed by atoms with Gasteiger partial charge in [0.05, 0.1) is 6.07 Å². The number of H-pyrrole nitrogens is 1. The molecule has 3 aromatic carbocycles. The van der Waals surface area contributed by atoms with Crippen LogP contribution in [0.25, 0.3) is 17.5 Å². The van der Waals surface area contributed by atoms with Crippen molar-refractivity contribution in [2.75, 3.05) is 0 Å². The van der Waals surface area contributed by atoms with Crippen molar-refractivity contribution in [3.8, 4) is 23.3 Å². The topological polar surface area (TPSA) is 91.9 Å². The lowest BCUT2D eigenvalue weighted by atomic mass is 9.87. The van der Waals surface area contributed by atoms with Crippen LogP contribution in [0.5, 0.6) is 5.75 Å². The molecule has 6 nitrogen and oxygen atoms in total. The molecule has 0 aliphatic heterocycles. The van der Waals surface area contributed by atoms with Crippen LogP contribution in [0.4, 0.5) is 0 Å². The van der Waals surface area contributed by atoms with Gasteiger partial charge in [0.2, 0.25) is 5.89 Å². The first-order valence-electron chi connectivity index (χ1n) is 13.8. The Morgan fingerprint density at radius 2 is 1.73 bits per heavy atom. The number of aromatic amines is 1. The van der Waals surface area contributed by atoms with Gasteiger partial charge in [-0.3, -0.25) is 0 Å². The zero-order chi connectivity index (χ0) is 28.4. The minimum atomic E-state index is -0.565. The molecule has 4 rings (SSSR count). The summed E-state index contributed by atoms with van der Waals surface area (Å²) in [6, 6.07) is 26.9. The second-order valence-electron chi connectivity index (χ2n) is 11.1.